The number of nitrogen functional groups attached to an aromatic ring is 1. The van der Waals surface area contributed by atoms with E-state index >= 15 is 0 Å². The number of methoxy groups -OCH3 is 1. The summed E-state index contributed by atoms with van der Waals surface area (Å²) < 4.78 is 24.3. The fraction of sp³-hybridized carbons (Fsp3) is 0.143. The predicted molar refractivity (Wildman–Crippen MR) is 75.8 cm³/mol. The Hall–Kier alpha value is -1.75. The average Bonchev–Trinajstić information content (AvgIpc) is 2.42. The second-order valence-electron chi connectivity index (χ2n) is 3.94. The van der Waals surface area contributed by atoms with Crippen LogP contribution in [0.5, 0.6) is 11.5 Å². The van der Waals surface area contributed by atoms with Crippen LogP contribution in [-0.2, 0) is 6.61 Å². The molecule has 5 heteroatoms. The number of hydrogen-bond donors (Lipinski definition) is 1. The molecule has 0 atom stereocenters. The van der Waals surface area contributed by atoms with Crippen LogP contribution in [0.3, 0.4) is 0 Å². The number of halogens is 2. The summed E-state index contributed by atoms with van der Waals surface area (Å²) >= 11 is 3.07. The molecule has 0 saturated heterocycles. The van der Waals surface area contributed by atoms with Gasteiger partial charge in [0.2, 0.25) is 0 Å². The lowest BCUT2D eigenvalue weighted by molar-refractivity contribution is 0.306. The molecule has 0 aliphatic carbocycles. The van der Waals surface area contributed by atoms with E-state index < -0.39 is 5.82 Å². The molecule has 0 aromatic heterocycles. The van der Waals surface area contributed by atoms with Gasteiger partial charge in [0, 0.05) is 6.07 Å². The van der Waals surface area contributed by atoms with E-state index in [2.05, 4.69) is 15.9 Å². The van der Waals surface area contributed by atoms with Crippen molar-refractivity contribution >= 4 is 21.6 Å². The summed E-state index contributed by atoms with van der Waals surface area (Å²) in [6.45, 7) is 0.315. The van der Waals surface area contributed by atoms with Crippen LogP contribution in [-0.4, -0.2) is 7.11 Å². The molecule has 0 heterocycles. The van der Waals surface area contributed by atoms with Gasteiger partial charge in [0.05, 0.1) is 17.3 Å². The maximum Gasteiger partial charge on any atom is 0.145 e. The van der Waals surface area contributed by atoms with E-state index in [0.717, 1.165) is 11.3 Å². The molecule has 2 aromatic rings. The van der Waals surface area contributed by atoms with E-state index in [4.69, 9.17) is 15.2 Å². The number of nitrogens with two attached hydrogens (primary N) is 1. The van der Waals surface area contributed by atoms with E-state index in [0.29, 0.717) is 22.5 Å². The van der Waals surface area contributed by atoms with E-state index in [1.54, 1.807) is 7.11 Å². The van der Waals surface area contributed by atoms with Crippen LogP contribution in [0.2, 0.25) is 0 Å². The summed E-state index contributed by atoms with van der Waals surface area (Å²) in [4.78, 5) is 0. The first-order valence-electron chi connectivity index (χ1n) is 5.60. The van der Waals surface area contributed by atoms with Crippen molar-refractivity contribution in [1.82, 2.24) is 0 Å². The fourth-order valence-corrected chi connectivity index (χ4v) is 1.91. The topological polar surface area (TPSA) is 44.5 Å². The summed E-state index contributed by atoms with van der Waals surface area (Å²) in [5.74, 6) is 0.702. The second kappa shape index (κ2) is 5.93. The Bertz CT molecular complexity index is 572. The van der Waals surface area contributed by atoms with Crippen molar-refractivity contribution in [2.75, 3.05) is 12.8 Å². The SMILES string of the molecule is COc1ccc(COc2cc(F)c(Br)cc2N)cc1. The van der Waals surface area contributed by atoms with E-state index in [1.807, 2.05) is 24.3 Å². The maximum absolute atomic E-state index is 13.4. The lowest BCUT2D eigenvalue weighted by Gasteiger charge is -2.10. The molecule has 0 bridgehead atoms. The Kier molecular flexibility index (Phi) is 4.27. The molecule has 2 rings (SSSR count). The van der Waals surface area contributed by atoms with E-state index in [-0.39, 0.29) is 0 Å². The number of hydrogen-bond acceptors (Lipinski definition) is 3. The smallest absolute Gasteiger partial charge is 0.145 e. The molecule has 3 nitrogen and oxygen atoms in total. The molecular weight excluding hydrogens is 313 g/mol. The third kappa shape index (κ3) is 3.38. The Balaban J connectivity index is 2.07. The van der Waals surface area contributed by atoms with Gasteiger partial charge in [-0.25, -0.2) is 4.39 Å². The van der Waals surface area contributed by atoms with Gasteiger partial charge in [-0.05, 0) is 39.7 Å². The predicted octanol–water partition coefficient (Wildman–Crippen LogP) is 3.76. The summed E-state index contributed by atoms with van der Waals surface area (Å²) in [7, 11) is 1.61. The number of benzene rings is 2. The average molecular weight is 326 g/mol. The van der Waals surface area contributed by atoms with Crippen LogP contribution in [0.15, 0.2) is 40.9 Å². The van der Waals surface area contributed by atoms with Crippen LogP contribution in [0.4, 0.5) is 10.1 Å². The highest BCUT2D eigenvalue weighted by atomic mass is 79.9. The van der Waals surface area contributed by atoms with Gasteiger partial charge < -0.3 is 15.2 Å². The van der Waals surface area contributed by atoms with Gasteiger partial charge in [-0.1, -0.05) is 12.1 Å². The number of ether oxygens (including phenoxy) is 2. The quantitative estimate of drug-likeness (QED) is 0.870. The molecule has 19 heavy (non-hydrogen) atoms. The number of anilines is 1. The van der Waals surface area contributed by atoms with E-state index in [9.17, 15) is 4.39 Å². The lowest BCUT2D eigenvalue weighted by atomic mass is 10.2. The molecule has 0 saturated carbocycles. The normalized spacial score (nSPS) is 10.3. The Morgan fingerprint density at radius 2 is 1.89 bits per heavy atom. The van der Waals surface area contributed by atoms with Crippen LogP contribution >= 0.6 is 15.9 Å². The van der Waals surface area contributed by atoms with Gasteiger partial charge in [0.1, 0.15) is 23.9 Å². The molecule has 2 aromatic carbocycles. The van der Waals surface area contributed by atoms with Gasteiger partial charge in [0.15, 0.2) is 0 Å². The Labute approximate surface area is 119 Å². The fourth-order valence-electron chi connectivity index (χ4n) is 1.55. The van der Waals surface area contributed by atoms with Crippen molar-refractivity contribution in [2.45, 2.75) is 6.61 Å². The molecular formula is C14H13BrFNO2. The van der Waals surface area contributed by atoms with Gasteiger partial charge >= 0.3 is 0 Å². The minimum Gasteiger partial charge on any atom is -0.497 e. The van der Waals surface area contributed by atoms with Crippen molar-refractivity contribution in [3.63, 3.8) is 0 Å². The van der Waals surface area contributed by atoms with Crippen molar-refractivity contribution in [3.8, 4) is 11.5 Å². The van der Waals surface area contributed by atoms with Gasteiger partial charge in [-0.15, -0.1) is 0 Å². The zero-order valence-electron chi connectivity index (χ0n) is 10.3. The summed E-state index contributed by atoms with van der Waals surface area (Å²) in [6.07, 6.45) is 0. The standard InChI is InChI=1S/C14H13BrFNO2/c1-18-10-4-2-9(3-5-10)8-19-14-7-12(16)11(15)6-13(14)17/h2-7H,8,17H2,1H3. The minimum atomic E-state index is -0.404. The van der Waals surface area contributed by atoms with Crippen molar-refractivity contribution in [1.29, 1.82) is 0 Å². The first-order valence-corrected chi connectivity index (χ1v) is 6.39. The maximum atomic E-state index is 13.4. The summed E-state index contributed by atoms with van der Waals surface area (Å²) in [6, 6.07) is 10.2. The summed E-state index contributed by atoms with van der Waals surface area (Å²) in [5, 5.41) is 0. The highest BCUT2D eigenvalue weighted by Crippen LogP contribution is 2.29. The monoisotopic (exact) mass is 325 g/mol. The molecule has 0 aliphatic rings. The largest absolute Gasteiger partial charge is 0.497 e. The van der Waals surface area contributed by atoms with Crippen LogP contribution in [0.1, 0.15) is 5.56 Å². The highest BCUT2D eigenvalue weighted by molar-refractivity contribution is 9.10. The molecule has 100 valence electrons. The summed E-state index contributed by atoms with van der Waals surface area (Å²) in [5.41, 5.74) is 7.10. The Morgan fingerprint density at radius 1 is 1.21 bits per heavy atom. The molecule has 0 amide bonds. The van der Waals surface area contributed by atoms with Gasteiger partial charge in [-0.3, -0.25) is 0 Å². The first kappa shape index (κ1) is 13.7. The Morgan fingerprint density at radius 3 is 2.53 bits per heavy atom. The zero-order valence-corrected chi connectivity index (χ0v) is 11.9. The van der Waals surface area contributed by atoms with E-state index in [1.165, 1.54) is 12.1 Å². The zero-order chi connectivity index (χ0) is 13.8. The minimum absolute atomic E-state index is 0.315. The number of rotatable bonds is 4. The molecule has 0 aliphatic heterocycles. The van der Waals surface area contributed by atoms with Crippen molar-refractivity contribution < 1.29 is 13.9 Å². The molecule has 0 fully saturated rings. The van der Waals surface area contributed by atoms with Crippen molar-refractivity contribution in [2.24, 2.45) is 0 Å². The van der Waals surface area contributed by atoms with Gasteiger partial charge in [0.25, 0.3) is 0 Å². The second-order valence-corrected chi connectivity index (χ2v) is 4.80. The third-order valence-corrected chi connectivity index (χ3v) is 3.21. The first-order chi connectivity index (χ1) is 9.10. The van der Waals surface area contributed by atoms with Crippen LogP contribution in [0.25, 0.3) is 0 Å². The molecule has 2 N–H and O–H groups in total. The third-order valence-electron chi connectivity index (χ3n) is 2.61. The van der Waals surface area contributed by atoms with Crippen molar-refractivity contribution in [3.05, 3.63) is 52.3 Å². The molecule has 0 spiro atoms. The molecule has 0 radical (unpaired) electrons. The molecule has 0 unspecified atom stereocenters. The van der Waals surface area contributed by atoms with Gasteiger partial charge in [-0.2, -0.15) is 0 Å². The lowest BCUT2D eigenvalue weighted by Crippen LogP contribution is -1.99. The highest BCUT2D eigenvalue weighted by Gasteiger charge is 2.07. The van der Waals surface area contributed by atoms with Crippen LogP contribution in [0, 0.1) is 5.82 Å². The van der Waals surface area contributed by atoms with Crippen LogP contribution < -0.4 is 15.2 Å².